The van der Waals surface area contributed by atoms with Crippen molar-refractivity contribution in [1.29, 1.82) is 0 Å². The maximum atomic E-state index is 12.7. The lowest BCUT2D eigenvalue weighted by Gasteiger charge is -2.19. The minimum atomic E-state index is -0.144. The number of nitrogens with zero attached hydrogens (tertiary/aromatic N) is 2. The molecule has 0 bridgehead atoms. The van der Waals surface area contributed by atoms with Gasteiger partial charge in [-0.3, -0.25) is 14.2 Å². The van der Waals surface area contributed by atoms with Crippen LogP contribution in [-0.2, 0) is 11.3 Å². The Morgan fingerprint density at radius 1 is 1.17 bits per heavy atom. The van der Waals surface area contributed by atoms with Crippen molar-refractivity contribution in [3.8, 4) is 0 Å². The molecule has 7 nitrogen and oxygen atoms in total. The molecule has 0 radical (unpaired) electrons. The number of H-pyrrole nitrogens is 1. The molecule has 0 saturated carbocycles. The number of hydrogen-bond donors (Lipinski definition) is 2. The number of ether oxygens (including phenoxy) is 1. The minimum absolute atomic E-state index is 0.128. The Bertz CT molecular complexity index is 961. The largest absolute Gasteiger partial charge is 0.385 e. The number of hydrogen-bond acceptors (Lipinski definition) is 5. The third-order valence-electron chi connectivity index (χ3n) is 5.61. The van der Waals surface area contributed by atoms with Gasteiger partial charge in [-0.15, -0.1) is 0 Å². The molecule has 0 unspecified atom stereocenters. The second-order valence-electron chi connectivity index (χ2n) is 7.86. The molecule has 2 heterocycles. The average Bonchev–Trinajstić information content (AvgIpc) is 3.02. The van der Waals surface area contributed by atoms with Crippen LogP contribution in [0.15, 0.2) is 23.0 Å². The molecule has 0 spiro atoms. The average molecular weight is 433 g/mol. The molecule has 8 heteroatoms. The van der Waals surface area contributed by atoms with E-state index in [1.54, 1.807) is 29.9 Å². The van der Waals surface area contributed by atoms with Gasteiger partial charge >= 0.3 is 0 Å². The number of fused-ring (bicyclic) bond motifs is 1. The first-order chi connectivity index (χ1) is 14.6. The fourth-order valence-corrected chi connectivity index (χ4v) is 4.22. The van der Waals surface area contributed by atoms with Crippen LogP contribution in [0, 0.1) is 4.77 Å². The lowest BCUT2D eigenvalue weighted by atomic mass is 10.1. The molecular weight excluding hydrogens is 400 g/mol. The molecule has 0 aliphatic carbocycles. The van der Waals surface area contributed by atoms with Gasteiger partial charge in [0.2, 0.25) is 0 Å². The molecule has 2 aromatic rings. The van der Waals surface area contributed by atoms with Crippen molar-refractivity contribution >= 4 is 29.0 Å². The highest BCUT2D eigenvalue weighted by molar-refractivity contribution is 7.71. The van der Waals surface area contributed by atoms with Crippen LogP contribution in [-0.4, -0.2) is 60.3 Å². The highest BCUT2D eigenvalue weighted by Crippen LogP contribution is 2.12. The van der Waals surface area contributed by atoms with Gasteiger partial charge < -0.3 is 19.9 Å². The summed E-state index contributed by atoms with van der Waals surface area (Å²) in [6.07, 6.45) is 6.86. The van der Waals surface area contributed by atoms with E-state index in [0.29, 0.717) is 47.4 Å². The molecule has 1 aromatic heterocycles. The van der Waals surface area contributed by atoms with Gasteiger partial charge in [-0.1, -0.05) is 12.8 Å². The summed E-state index contributed by atoms with van der Waals surface area (Å²) < 4.78 is 6.95. The van der Waals surface area contributed by atoms with Crippen molar-refractivity contribution in [2.45, 2.75) is 45.1 Å². The van der Waals surface area contributed by atoms with Crippen molar-refractivity contribution in [3.05, 3.63) is 38.9 Å². The quantitative estimate of drug-likeness (QED) is 0.470. The number of carbonyl (C=O) groups is 1. The molecule has 1 aromatic carbocycles. The summed E-state index contributed by atoms with van der Waals surface area (Å²) in [5, 5.41) is 3.52. The van der Waals surface area contributed by atoms with E-state index in [9.17, 15) is 9.59 Å². The molecule has 3 rings (SSSR count). The number of methoxy groups -OCH3 is 1. The second-order valence-corrected chi connectivity index (χ2v) is 8.25. The van der Waals surface area contributed by atoms with Gasteiger partial charge in [0.05, 0.1) is 10.9 Å². The van der Waals surface area contributed by atoms with Gasteiger partial charge in [-0.2, -0.15) is 0 Å². The minimum Gasteiger partial charge on any atom is -0.385 e. The van der Waals surface area contributed by atoms with Crippen LogP contribution in [0.5, 0.6) is 0 Å². The molecule has 1 aliphatic heterocycles. The molecule has 0 atom stereocenters. The van der Waals surface area contributed by atoms with Crippen molar-refractivity contribution in [1.82, 2.24) is 19.8 Å². The number of rotatable bonds is 9. The molecule has 1 aliphatic rings. The Morgan fingerprint density at radius 3 is 2.67 bits per heavy atom. The predicted molar refractivity (Wildman–Crippen MR) is 122 cm³/mol. The number of amides is 1. The van der Waals surface area contributed by atoms with Gasteiger partial charge in [0.15, 0.2) is 4.77 Å². The van der Waals surface area contributed by atoms with E-state index in [1.807, 2.05) is 0 Å². The van der Waals surface area contributed by atoms with E-state index < -0.39 is 0 Å². The van der Waals surface area contributed by atoms with E-state index >= 15 is 0 Å². The summed E-state index contributed by atoms with van der Waals surface area (Å²) in [6, 6.07) is 5.10. The zero-order chi connectivity index (χ0) is 21.3. The van der Waals surface area contributed by atoms with Gasteiger partial charge in [-0.05, 0) is 75.7 Å². The summed E-state index contributed by atoms with van der Waals surface area (Å²) in [5.41, 5.74) is 0.971. The summed E-state index contributed by atoms with van der Waals surface area (Å²) in [6.45, 7) is 5.06. The van der Waals surface area contributed by atoms with Crippen molar-refractivity contribution in [2.75, 3.05) is 39.9 Å². The van der Waals surface area contributed by atoms with Gasteiger partial charge in [0.25, 0.3) is 11.5 Å². The van der Waals surface area contributed by atoms with Crippen LogP contribution in [0.1, 0.15) is 48.9 Å². The summed E-state index contributed by atoms with van der Waals surface area (Å²) in [4.78, 5) is 30.9. The third-order valence-corrected chi connectivity index (χ3v) is 5.93. The van der Waals surface area contributed by atoms with Crippen molar-refractivity contribution in [2.24, 2.45) is 0 Å². The normalized spacial score (nSPS) is 15.2. The van der Waals surface area contributed by atoms with E-state index in [-0.39, 0.29) is 11.5 Å². The number of carbonyl (C=O) groups excluding carboxylic acids is 1. The number of aromatic nitrogens is 2. The smallest absolute Gasteiger partial charge is 0.262 e. The Morgan fingerprint density at radius 2 is 1.93 bits per heavy atom. The van der Waals surface area contributed by atoms with E-state index in [4.69, 9.17) is 17.0 Å². The first-order valence-electron chi connectivity index (χ1n) is 10.9. The van der Waals surface area contributed by atoms with E-state index in [1.165, 1.54) is 38.8 Å². The van der Waals surface area contributed by atoms with Crippen LogP contribution >= 0.6 is 12.2 Å². The Balaban J connectivity index is 1.60. The van der Waals surface area contributed by atoms with E-state index in [2.05, 4.69) is 15.2 Å². The fourth-order valence-electron chi connectivity index (χ4n) is 3.93. The first-order valence-corrected chi connectivity index (χ1v) is 11.3. The number of likely N-dealkylation sites (tertiary alicyclic amines) is 1. The Kier molecular flexibility index (Phi) is 8.60. The highest BCUT2D eigenvalue weighted by atomic mass is 32.1. The van der Waals surface area contributed by atoms with Gasteiger partial charge in [0.1, 0.15) is 0 Å². The molecule has 1 saturated heterocycles. The zero-order valence-electron chi connectivity index (χ0n) is 17.7. The van der Waals surface area contributed by atoms with Crippen LogP contribution in [0.2, 0.25) is 0 Å². The van der Waals surface area contributed by atoms with Crippen LogP contribution in [0.3, 0.4) is 0 Å². The number of aromatic amines is 1. The topological polar surface area (TPSA) is 79.4 Å². The number of benzene rings is 1. The lowest BCUT2D eigenvalue weighted by molar-refractivity contribution is 0.0951. The molecule has 164 valence electrons. The second kappa shape index (κ2) is 11.4. The molecule has 1 amide bonds. The molecule has 2 N–H and O–H groups in total. The Labute approximate surface area is 182 Å². The van der Waals surface area contributed by atoms with Crippen LogP contribution < -0.4 is 10.9 Å². The molecule has 30 heavy (non-hydrogen) atoms. The summed E-state index contributed by atoms with van der Waals surface area (Å²) in [7, 11) is 1.63. The summed E-state index contributed by atoms with van der Waals surface area (Å²) in [5.74, 6) is -0.128. The van der Waals surface area contributed by atoms with E-state index in [0.717, 1.165) is 13.0 Å². The zero-order valence-corrected chi connectivity index (χ0v) is 18.6. The fraction of sp³-hybridized carbons (Fsp3) is 0.591. The monoisotopic (exact) mass is 432 g/mol. The first kappa shape index (κ1) is 22.7. The SMILES string of the molecule is COCCCn1c(=S)[nH]c2cc(C(=O)NCCCN3CCCCCC3)ccc2c1=O. The van der Waals surface area contributed by atoms with Crippen molar-refractivity contribution in [3.63, 3.8) is 0 Å². The van der Waals surface area contributed by atoms with Gasteiger partial charge in [-0.25, -0.2) is 0 Å². The standard InChI is InChI=1S/C22H32N4O3S/c1-29-15-7-14-26-21(28)18-9-8-17(16-19(18)24-22(26)30)20(27)23-10-6-13-25-11-4-2-3-5-12-25/h8-9,16H,2-7,10-15H2,1H3,(H,23,27)(H,24,30). The lowest BCUT2D eigenvalue weighted by Crippen LogP contribution is -2.30. The highest BCUT2D eigenvalue weighted by Gasteiger charge is 2.11. The van der Waals surface area contributed by atoms with Crippen molar-refractivity contribution < 1.29 is 9.53 Å². The summed E-state index contributed by atoms with van der Waals surface area (Å²) >= 11 is 5.34. The molecular formula is C22H32N4O3S. The maximum absolute atomic E-state index is 12.7. The predicted octanol–water partition coefficient (Wildman–Crippen LogP) is 3.09. The number of nitrogens with one attached hydrogen (secondary N) is 2. The van der Waals surface area contributed by atoms with Gasteiger partial charge in [0, 0.05) is 32.4 Å². The van der Waals surface area contributed by atoms with Crippen LogP contribution in [0.4, 0.5) is 0 Å². The Hall–Kier alpha value is -2.03. The molecule has 1 fully saturated rings. The maximum Gasteiger partial charge on any atom is 0.262 e. The third kappa shape index (κ3) is 6.00. The van der Waals surface area contributed by atoms with Crippen LogP contribution in [0.25, 0.3) is 10.9 Å².